The van der Waals surface area contributed by atoms with E-state index in [1.54, 1.807) is 26.0 Å². The summed E-state index contributed by atoms with van der Waals surface area (Å²) < 4.78 is 11.3. The van der Waals surface area contributed by atoms with Crippen LogP contribution in [0, 0.1) is 5.92 Å². The van der Waals surface area contributed by atoms with Crippen LogP contribution in [0.15, 0.2) is 59.0 Å². The van der Waals surface area contributed by atoms with Crippen LogP contribution in [0.25, 0.3) is 11.3 Å². The molecule has 17 heteroatoms. The number of carbonyl (C=O) groups excluding carboxylic acids is 5. The third-order valence-corrected chi connectivity index (χ3v) is 8.52. The van der Waals surface area contributed by atoms with Gasteiger partial charge in [0.25, 0.3) is 11.8 Å². The average molecular weight is 766 g/mol. The van der Waals surface area contributed by atoms with Crippen LogP contribution in [0.4, 0.5) is 0 Å². The zero-order chi connectivity index (χ0) is 40.5. The monoisotopic (exact) mass is 765 g/mol. The van der Waals surface area contributed by atoms with E-state index < -0.39 is 60.1 Å². The van der Waals surface area contributed by atoms with Gasteiger partial charge in [-0.15, -0.1) is 0 Å². The van der Waals surface area contributed by atoms with Gasteiger partial charge in [0.1, 0.15) is 17.6 Å². The van der Waals surface area contributed by atoms with E-state index in [1.165, 1.54) is 42.5 Å². The van der Waals surface area contributed by atoms with Crippen LogP contribution in [-0.4, -0.2) is 82.7 Å². The molecule has 1 heterocycles. The topological polar surface area (TPSA) is 257 Å². The fourth-order valence-corrected chi connectivity index (χ4v) is 5.64. The normalized spacial score (nSPS) is 12.4. The molecule has 3 atom stereocenters. The molecule has 0 aliphatic rings. The zero-order valence-electron chi connectivity index (χ0n) is 30.9. The van der Waals surface area contributed by atoms with Crippen LogP contribution in [0.5, 0.6) is 5.75 Å². The van der Waals surface area contributed by atoms with Gasteiger partial charge in [0.2, 0.25) is 12.3 Å². The van der Waals surface area contributed by atoms with E-state index in [2.05, 4.69) is 16.0 Å². The minimum Gasteiger partial charge on any atom is -0.493 e. The SMILES string of the molecule is CCCCCC(C(=O)NCNC(=O)c1ccc(-c2ccc(C(=O)NC(CC(=O)O)C(=O)O)c(OCC)c2)o1)C(CC)N(C=O)OC(=O)c1ccc(CN)cc1. The lowest BCUT2D eigenvalue weighted by Gasteiger charge is -2.31. The highest BCUT2D eigenvalue weighted by Gasteiger charge is 2.34. The summed E-state index contributed by atoms with van der Waals surface area (Å²) in [7, 11) is 0. The standard InChI is InChI=1S/C38H47N5O12/c1-4-7-8-9-26(29(5-2)43(22-44)55-38(52)24-12-10-23(20-39)11-13-24)34(47)40-21-41-36(49)31-17-16-30(54-31)25-14-15-27(32(18-25)53-6-3)35(48)42-28(37(50)51)19-33(45)46/h10-18,22,26,28-29H,4-9,19-21,39H2,1-3H3,(H,40,47)(H,41,49)(H,42,48)(H,45,46)(H,50,51). The van der Waals surface area contributed by atoms with Crippen molar-refractivity contribution in [3.63, 3.8) is 0 Å². The summed E-state index contributed by atoms with van der Waals surface area (Å²) in [6, 6.07) is 11.1. The molecule has 2 aromatic carbocycles. The van der Waals surface area contributed by atoms with E-state index in [0.717, 1.165) is 23.5 Å². The van der Waals surface area contributed by atoms with Crippen LogP contribution < -0.4 is 26.4 Å². The molecule has 296 valence electrons. The highest BCUT2D eigenvalue weighted by atomic mass is 16.7. The van der Waals surface area contributed by atoms with Crippen molar-refractivity contribution in [3.05, 3.63) is 77.0 Å². The largest absolute Gasteiger partial charge is 0.493 e. The van der Waals surface area contributed by atoms with Crippen LogP contribution in [0.1, 0.15) is 96.1 Å². The van der Waals surface area contributed by atoms with Crippen molar-refractivity contribution in [2.45, 2.75) is 77.9 Å². The second kappa shape index (κ2) is 21.5. The maximum Gasteiger partial charge on any atom is 0.363 e. The first kappa shape index (κ1) is 43.2. The van der Waals surface area contributed by atoms with Gasteiger partial charge >= 0.3 is 17.9 Å². The van der Waals surface area contributed by atoms with Gasteiger partial charge < -0.3 is 45.9 Å². The Balaban J connectivity index is 1.69. The van der Waals surface area contributed by atoms with Gasteiger partial charge in [0.15, 0.2) is 5.76 Å². The van der Waals surface area contributed by atoms with E-state index in [1.807, 2.05) is 6.92 Å². The summed E-state index contributed by atoms with van der Waals surface area (Å²) >= 11 is 0. The molecule has 0 radical (unpaired) electrons. The van der Waals surface area contributed by atoms with Crippen molar-refractivity contribution in [1.82, 2.24) is 21.0 Å². The molecule has 17 nitrogen and oxygen atoms in total. The minimum atomic E-state index is -1.67. The lowest BCUT2D eigenvalue weighted by Crippen LogP contribution is -2.49. The first-order valence-electron chi connectivity index (χ1n) is 17.8. The lowest BCUT2D eigenvalue weighted by molar-refractivity contribution is -0.171. The molecule has 0 aliphatic carbocycles. The Morgan fingerprint density at radius 2 is 1.65 bits per heavy atom. The Labute approximate surface area is 317 Å². The number of carboxylic acids is 2. The number of carboxylic acid groups (broad SMARTS) is 2. The minimum absolute atomic E-state index is 0.0483. The number of ether oxygens (including phenoxy) is 1. The number of furan rings is 1. The summed E-state index contributed by atoms with van der Waals surface area (Å²) in [6.45, 7) is 5.57. The summed E-state index contributed by atoms with van der Waals surface area (Å²) in [4.78, 5) is 92.3. The number of nitrogens with two attached hydrogens (primary N) is 1. The van der Waals surface area contributed by atoms with Gasteiger partial charge in [-0.2, -0.15) is 5.06 Å². The molecule has 4 amide bonds. The molecule has 0 saturated heterocycles. The first-order chi connectivity index (χ1) is 26.4. The Kier molecular flexibility index (Phi) is 16.9. The predicted octanol–water partition coefficient (Wildman–Crippen LogP) is 3.47. The van der Waals surface area contributed by atoms with Gasteiger partial charge in [0, 0.05) is 12.1 Å². The van der Waals surface area contributed by atoms with Crippen molar-refractivity contribution < 1.29 is 57.8 Å². The zero-order valence-corrected chi connectivity index (χ0v) is 30.9. The van der Waals surface area contributed by atoms with Crippen LogP contribution in [-0.2, 0) is 30.6 Å². The van der Waals surface area contributed by atoms with E-state index >= 15 is 0 Å². The molecule has 3 unspecified atom stereocenters. The highest BCUT2D eigenvalue weighted by Crippen LogP contribution is 2.29. The number of amides is 4. The molecule has 0 spiro atoms. The Hall–Kier alpha value is -6.23. The Morgan fingerprint density at radius 1 is 0.927 bits per heavy atom. The van der Waals surface area contributed by atoms with Crippen molar-refractivity contribution in [2.24, 2.45) is 11.7 Å². The number of hydrogen-bond donors (Lipinski definition) is 6. The molecule has 7 N–H and O–H groups in total. The van der Waals surface area contributed by atoms with E-state index in [4.69, 9.17) is 24.8 Å². The summed E-state index contributed by atoms with van der Waals surface area (Å²) in [5, 5.41) is 26.6. The number of nitrogens with one attached hydrogen (secondary N) is 3. The number of unbranched alkanes of at least 4 members (excludes halogenated alkanes) is 2. The molecule has 1 aromatic heterocycles. The maximum atomic E-state index is 13.5. The molecule has 0 bridgehead atoms. The highest BCUT2D eigenvalue weighted by molar-refractivity contribution is 6.00. The quantitative estimate of drug-likeness (QED) is 0.0350. The molecule has 0 fully saturated rings. The Bertz CT molecular complexity index is 1810. The first-order valence-corrected chi connectivity index (χ1v) is 17.8. The fraction of sp³-hybridized carbons (Fsp3) is 0.395. The fourth-order valence-electron chi connectivity index (χ4n) is 5.64. The number of hydrogen-bond acceptors (Lipinski definition) is 11. The number of benzene rings is 2. The van der Waals surface area contributed by atoms with Gasteiger partial charge in [-0.3, -0.25) is 24.0 Å². The number of rotatable bonds is 23. The van der Waals surface area contributed by atoms with Crippen molar-refractivity contribution in [3.8, 4) is 17.1 Å². The smallest absolute Gasteiger partial charge is 0.363 e. The number of carbonyl (C=O) groups is 7. The van der Waals surface area contributed by atoms with E-state index in [0.29, 0.717) is 31.4 Å². The van der Waals surface area contributed by atoms with Gasteiger partial charge in [-0.25, -0.2) is 9.59 Å². The molecular weight excluding hydrogens is 718 g/mol. The van der Waals surface area contributed by atoms with E-state index in [-0.39, 0.29) is 48.1 Å². The van der Waals surface area contributed by atoms with Crippen LogP contribution in [0.3, 0.4) is 0 Å². The van der Waals surface area contributed by atoms with E-state index in [9.17, 15) is 38.7 Å². The third kappa shape index (κ3) is 12.4. The average Bonchev–Trinajstić information content (AvgIpc) is 3.67. The second-order valence-corrected chi connectivity index (χ2v) is 12.3. The van der Waals surface area contributed by atoms with Crippen molar-refractivity contribution >= 4 is 42.0 Å². The van der Waals surface area contributed by atoms with Crippen molar-refractivity contribution in [2.75, 3.05) is 13.3 Å². The number of aliphatic carboxylic acids is 2. The molecule has 3 rings (SSSR count). The summed E-state index contributed by atoms with van der Waals surface area (Å²) in [5.41, 5.74) is 7.00. The summed E-state index contributed by atoms with van der Waals surface area (Å²) in [6.07, 6.45) is 2.58. The van der Waals surface area contributed by atoms with Gasteiger partial charge in [-0.1, -0.05) is 51.3 Å². The Morgan fingerprint density at radius 3 is 2.25 bits per heavy atom. The predicted molar refractivity (Wildman–Crippen MR) is 196 cm³/mol. The van der Waals surface area contributed by atoms with Gasteiger partial charge in [0.05, 0.1) is 42.8 Å². The number of hydroxylamine groups is 2. The van der Waals surface area contributed by atoms with Gasteiger partial charge in [-0.05, 0) is 61.7 Å². The molecule has 0 aliphatic heterocycles. The second-order valence-electron chi connectivity index (χ2n) is 12.3. The molecule has 0 saturated carbocycles. The molecule has 55 heavy (non-hydrogen) atoms. The van der Waals surface area contributed by atoms with Crippen molar-refractivity contribution in [1.29, 1.82) is 0 Å². The van der Waals surface area contributed by atoms with Crippen LogP contribution >= 0.6 is 0 Å². The molecular formula is C38H47N5O12. The maximum absolute atomic E-state index is 13.5. The number of nitrogens with zero attached hydrogens (tertiary/aromatic N) is 1. The lowest BCUT2D eigenvalue weighted by atomic mass is 9.90. The third-order valence-electron chi connectivity index (χ3n) is 8.52. The van der Waals surface area contributed by atoms with Crippen LogP contribution in [0.2, 0.25) is 0 Å². The summed E-state index contributed by atoms with van der Waals surface area (Å²) in [5.74, 6) is -6.30. The molecule has 3 aromatic rings.